The summed E-state index contributed by atoms with van der Waals surface area (Å²) >= 11 is 1.80. The second-order valence-corrected chi connectivity index (χ2v) is 7.11. The molecule has 0 saturated carbocycles. The third kappa shape index (κ3) is 4.32. The van der Waals surface area contributed by atoms with Crippen LogP contribution in [0.15, 0.2) is 30.3 Å². The van der Waals surface area contributed by atoms with Gasteiger partial charge >= 0.3 is 0 Å². The van der Waals surface area contributed by atoms with E-state index in [2.05, 4.69) is 32.5 Å². The van der Waals surface area contributed by atoms with Gasteiger partial charge in [0.15, 0.2) is 0 Å². The lowest BCUT2D eigenvalue weighted by Crippen LogP contribution is -2.28. The van der Waals surface area contributed by atoms with Crippen LogP contribution in [0.5, 0.6) is 0 Å². The van der Waals surface area contributed by atoms with Crippen LogP contribution in [0.25, 0.3) is 5.78 Å². The fourth-order valence-electron chi connectivity index (χ4n) is 2.73. The van der Waals surface area contributed by atoms with Gasteiger partial charge in [-0.2, -0.15) is 21.3 Å². The number of hydrogen-bond acceptors (Lipinski definition) is 6. The highest BCUT2D eigenvalue weighted by Gasteiger charge is 2.15. The molecule has 0 aliphatic rings. The van der Waals surface area contributed by atoms with Crippen molar-refractivity contribution in [3.63, 3.8) is 0 Å². The van der Waals surface area contributed by atoms with E-state index in [0.717, 1.165) is 28.5 Å². The van der Waals surface area contributed by atoms with Gasteiger partial charge in [-0.05, 0) is 19.4 Å². The molecule has 136 valence electrons. The third-order valence-corrected chi connectivity index (χ3v) is 5.11. The first-order chi connectivity index (χ1) is 12.5. The highest BCUT2D eigenvalue weighted by atomic mass is 32.2. The molecule has 1 aromatic carbocycles. The number of nitrogens with zero attached hydrogens (tertiary/aromatic N) is 4. The molecule has 3 N–H and O–H groups in total. The van der Waals surface area contributed by atoms with Gasteiger partial charge in [-0.3, -0.25) is 4.79 Å². The first-order valence-electron chi connectivity index (χ1n) is 8.41. The standard InChI is InChI=1S/C18H22N6OS/c1-12-15(13(2)24-18(21-12)22-17(19)23-24)10-16(25)20-8-9-26-11-14-6-4-3-5-7-14/h3-7H,8-11H2,1-2H3,(H2,19,23)(H,20,25). The molecule has 1 amide bonds. The molecule has 26 heavy (non-hydrogen) atoms. The van der Waals surface area contributed by atoms with E-state index in [-0.39, 0.29) is 18.3 Å². The molecule has 2 aromatic heterocycles. The monoisotopic (exact) mass is 370 g/mol. The summed E-state index contributed by atoms with van der Waals surface area (Å²) in [6, 6.07) is 10.3. The van der Waals surface area contributed by atoms with Crippen molar-refractivity contribution >= 4 is 29.4 Å². The van der Waals surface area contributed by atoms with E-state index in [4.69, 9.17) is 5.73 Å². The van der Waals surface area contributed by atoms with Gasteiger partial charge in [-0.25, -0.2) is 4.98 Å². The molecule has 0 atom stereocenters. The highest BCUT2D eigenvalue weighted by molar-refractivity contribution is 7.98. The van der Waals surface area contributed by atoms with Crippen LogP contribution in [0.1, 0.15) is 22.5 Å². The second-order valence-electron chi connectivity index (χ2n) is 6.01. The number of aromatic nitrogens is 4. The number of fused-ring (bicyclic) bond motifs is 1. The van der Waals surface area contributed by atoms with Crippen LogP contribution in [0.2, 0.25) is 0 Å². The number of carbonyl (C=O) groups excluding carboxylic acids is 1. The lowest BCUT2D eigenvalue weighted by atomic mass is 10.1. The Balaban J connectivity index is 1.51. The van der Waals surface area contributed by atoms with Crippen molar-refractivity contribution in [2.24, 2.45) is 0 Å². The van der Waals surface area contributed by atoms with Crippen LogP contribution in [0.3, 0.4) is 0 Å². The molecule has 0 bridgehead atoms. The number of nitrogens with two attached hydrogens (primary N) is 1. The predicted octanol–water partition coefficient (Wildman–Crippen LogP) is 1.92. The Bertz CT molecular complexity index is 909. The number of nitrogen functional groups attached to an aromatic ring is 1. The van der Waals surface area contributed by atoms with Crippen LogP contribution in [-0.2, 0) is 17.0 Å². The van der Waals surface area contributed by atoms with Crippen molar-refractivity contribution < 1.29 is 4.79 Å². The zero-order chi connectivity index (χ0) is 18.5. The van der Waals surface area contributed by atoms with Crippen molar-refractivity contribution in [2.45, 2.75) is 26.0 Å². The van der Waals surface area contributed by atoms with E-state index in [1.54, 1.807) is 16.3 Å². The second kappa shape index (κ2) is 8.18. The fraction of sp³-hybridized carbons (Fsp3) is 0.333. The SMILES string of the molecule is Cc1nc2nc(N)nn2c(C)c1CC(=O)NCCSCc1ccccc1. The van der Waals surface area contributed by atoms with Crippen LogP contribution in [-0.4, -0.2) is 37.8 Å². The number of thioether (sulfide) groups is 1. The maximum atomic E-state index is 12.3. The van der Waals surface area contributed by atoms with Crippen molar-refractivity contribution in [1.29, 1.82) is 0 Å². The average Bonchev–Trinajstić information content (AvgIpc) is 2.99. The lowest BCUT2D eigenvalue weighted by molar-refractivity contribution is -0.120. The maximum absolute atomic E-state index is 12.3. The maximum Gasteiger partial charge on any atom is 0.254 e. The molecule has 0 saturated heterocycles. The molecule has 0 aliphatic heterocycles. The lowest BCUT2D eigenvalue weighted by Gasteiger charge is -2.10. The van der Waals surface area contributed by atoms with Crippen LogP contribution >= 0.6 is 11.8 Å². The predicted molar refractivity (Wildman–Crippen MR) is 104 cm³/mol. The third-order valence-electron chi connectivity index (χ3n) is 4.08. The Hall–Kier alpha value is -2.61. The number of amides is 1. The summed E-state index contributed by atoms with van der Waals surface area (Å²) in [5.41, 5.74) is 9.40. The normalized spacial score (nSPS) is 11.0. The number of benzene rings is 1. The van der Waals surface area contributed by atoms with Crippen LogP contribution in [0.4, 0.5) is 5.95 Å². The summed E-state index contributed by atoms with van der Waals surface area (Å²) in [6.07, 6.45) is 0.268. The Morgan fingerprint density at radius 1 is 1.23 bits per heavy atom. The summed E-state index contributed by atoms with van der Waals surface area (Å²) in [7, 11) is 0. The minimum Gasteiger partial charge on any atom is -0.366 e. The molecule has 0 radical (unpaired) electrons. The first-order valence-corrected chi connectivity index (χ1v) is 9.56. The van der Waals surface area contributed by atoms with Gasteiger partial charge in [-0.15, -0.1) is 5.10 Å². The summed E-state index contributed by atoms with van der Waals surface area (Å²) in [5.74, 6) is 2.43. The summed E-state index contributed by atoms with van der Waals surface area (Å²) in [5, 5.41) is 7.09. The number of carbonyl (C=O) groups is 1. The fourth-order valence-corrected chi connectivity index (χ4v) is 3.55. The average molecular weight is 370 g/mol. The highest BCUT2D eigenvalue weighted by Crippen LogP contribution is 2.15. The molecule has 8 heteroatoms. The molecule has 0 fully saturated rings. The van der Waals surface area contributed by atoms with E-state index in [1.807, 2.05) is 32.0 Å². The van der Waals surface area contributed by atoms with Crippen molar-refractivity contribution in [2.75, 3.05) is 18.0 Å². The van der Waals surface area contributed by atoms with E-state index in [1.165, 1.54) is 5.56 Å². The quantitative estimate of drug-likeness (QED) is 0.617. The van der Waals surface area contributed by atoms with Gasteiger partial charge in [0, 0.05) is 35.0 Å². The topological polar surface area (TPSA) is 98.2 Å². The largest absolute Gasteiger partial charge is 0.366 e. The number of hydrogen-bond donors (Lipinski definition) is 2. The Labute approximate surface area is 156 Å². The zero-order valence-electron chi connectivity index (χ0n) is 14.9. The van der Waals surface area contributed by atoms with E-state index < -0.39 is 0 Å². The van der Waals surface area contributed by atoms with Gasteiger partial charge < -0.3 is 11.1 Å². The number of nitrogens with one attached hydrogen (secondary N) is 1. The van der Waals surface area contributed by atoms with Crippen LogP contribution in [0, 0.1) is 13.8 Å². The zero-order valence-corrected chi connectivity index (χ0v) is 15.7. The van der Waals surface area contributed by atoms with Gasteiger partial charge in [0.25, 0.3) is 5.78 Å². The van der Waals surface area contributed by atoms with Crippen molar-refractivity contribution in [1.82, 2.24) is 24.9 Å². The molecule has 3 aromatic rings. The van der Waals surface area contributed by atoms with Gasteiger partial charge in [0.05, 0.1) is 6.42 Å². The summed E-state index contributed by atoms with van der Waals surface area (Å²) < 4.78 is 1.58. The van der Waals surface area contributed by atoms with Crippen LogP contribution < -0.4 is 11.1 Å². The first kappa shape index (κ1) is 18.2. The number of aryl methyl sites for hydroxylation is 2. The molecular formula is C18H22N6OS. The Morgan fingerprint density at radius 3 is 2.77 bits per heavy atom. The molecule has 7 nitrogen and oxygen atoms in total. The van der Waals surface area contributed by atoms with E-state index in [0.29, 0.717) is 12.3 Å². The Kier molecular flexibility index (Phi) is 5.72. The van der Waals surface area contributed by atoms with E-state index in [9.17, 15) is 4.79 Å². The molecular weight excluding hydrogens is 348 g/mol. The minimum atomic E-state index is -0.0225. The van der Waals surface area contributed by atoms with Crippen molar-refractivity contribution in [3.8, 4) is 0 Å². The van der Waals surface area contributed by atoms with E-state index >= 15 is 0 Å². The minimum absolute atomic E-state index is 0.0225. The molecule has 0 unspecified atom stereocenters. The molecule has 2 heterocycles. The van der Waals surface area contributed by atoms with Crippen molar-refractivity contribution in [3.05, 3.63) is 52.8 Å². The number of anilines is 1. The molecule has 0 aliphatic carbocycles. The van der Waals surface area contributed by atoms with Gasteiger partial charge in [-0.1, -0.05) is 30.3 Å². The number of rotatable bonds is 7. The summed E-state index contributed by atoms with van der Waals surface area (Å²) in [6.45, 7) is 4.41. The smallest absolute Gasteiger partial charge is 0.254 e. The van der Waals surface area contributed by atoms with Gasteiger partial charge in [0.1, 0.15) is 0 Å². The van der Waals surface area contributed by atoms with Gasteiger partial charge in [0.2, 0.25) is 11.9 Å². The molecule has 0 spiro atoms. The summed E-state index contributed by atoms with van der Waals surface area (Å²) in [4.78, 5) is 20.7. The molecule has 3 rings (SSSR count). The Morgan fingerprint density at radius 2 is 2.00 bits per heavy atom.